The van der Waals surface area contributed by atoms with Crippen LogP contribution in [0.4, 0.5) is 34.1 Å². The molecule has 0 atom stereocenters. The second-order valence-electron chi connectivity index (χ2n) is 17.5. The Morgan fingerprint density at radius 2 is 0.706 bits per heavy atom. The molecule has 2 aromatic heterocycles. The van der Waals surface area contributed by atoms with Crippen molar-refractivity contribution in [2.24, 2.45) is 0 Å². The van der Waals surface area contributed by atoms with Gasteiger partial charge in [-0.05, 0) is 0 Å². The molecule has 9 aromatic carbocycles. The van der Waals surface area contributed by atoms with E-state index < -0.39 is 0 Å². The fraction of sp³-hybridized carbons (Fsp3) is 0. The van der Waals surface area contributed by atoms with E-state index in [9.17, 15) is 0 Å². The number of benzene rings is 9. The minimum atomic E-state index is 0.0970. The van der Waals surface area contributed by atoms with Gasteiger partial charge in [0.2, 0.25) is 0 Å². The zero-order chi connectivity index (χ0) is 44.5. The van der Waals surface area contributed by atoms with Crippen LogP contribution in [0.25, 0.3) is 19.3 Å². The van der Waals surface area contributed by atoms with Gasteiger partial charge in [0.1, 0.15) is 0 Å². The Kier molecular flexibility index (Phi) is 9.20. The van der Waals surface area contributed by atoms with Crippen molar-refractivity contribution in [1.82, 2.24) is 0 Å². The van der Waals surface area contributed by atoms with Crippen LogP contribution in [0.5, 0.6) is 23.0 Å². The van der Waals surface area contributed by atoms with E-state index in [1.54, 1.807) is 17.6 Å². The van der Waals surface area contributed by atoms with Gasteiger partial charge in [0.25, 0.3) is 0 Å². The molecule has 0 radical (unpaired) electrons. The van der Waals surface area contributed by atoms with Gasteiger partial charge in [-0.2, -0.15) is 0 Å². The van der Waals surface area contributed by atoms with E-state index >= 15 is 0 Å². The maximum absolute atomic E-state index is 7.36. The molecule has 0 fully saturated rings. The predicted octanol–water partition coefficient (Wildman–Crippen LogP) is 6.23. The molecule has 68 heavy (non-hydrogen) atoms. The summed E-state index contributed by atoms with van der Waals surface area (Å²) in [6.45, 7) is 0.202. The van der Waals surface area contributed by atoms with E-state index in [2.05, 4.69) is 216 Å². The summed E-state index contributed by atoms with van der Waals surface area (Å²) in [7, 11) is 0. The quantitative estimate of drug-likeness (QED) is 0.185. The van der Waals surface area contributed by atoms with Crippen LogP contribution in [-0.2, 0) is 0 Å². The van der Waals surface area contributed by atoms with Crippen molar-refractivity contribution in [3.05, 3.63) is 206 Å². The summed E-state index contributed by atoms with van der Waals surface area (Å²) >= 11 is 0.595. The SMILES string of the molecule is c1ccc(N(c2ccccc2)c2cc3c4c(c2)[Se]c2c([se]c5ccccc25)B4c2cc4c(cc2O3)Oc2cc(N(c3ccccc3)c3ccccc3)cc3c2B4c2[se]c4ccccc4c2[Se]3)cc1. The summed E-state index contributed by atoms with van der Waals surface area (Å²) in [5.74, 6) is 3.70. The van der Waals surface area contributed by atoms with E-state index in [4.69, 9.17) is 9.47 Å². The summed E-state index contributed by atoms with van der Waals surface area (Å²) in [4.78, 5) is 4.76. The Balaban J connectivity index is 0.953. The molecule has 0 saturated carbocycles. The number of para-hydroxylation sites is 4. The zero-order valence-corrected chi connectivity index (χ0v) is 43.0. The zero-order valence-electron chi connectivity index (χ0n) is 36.1. The third-order valence-corrected chi connectivity index (χ3v) is 25.2. The van der Waals surface area contributed by atoms with Gasteiger partial charge in [-0.15, -0.1) is 0 Å². The van der Waals surface area contributed by atoms with Crippen LogP contribution in [-0.4, -0.2) is 72.3 Å². The van der Waals surface area contributed by atoms with Crippen molar-refractivity contribution in [2.75, 3.05) is 9.80 Å². The first-order valence-corrected chi connectivity index (χ1v) is 29.6. The molecule has 15 rings (SSSR count). The molecule has 4 aliphatic rings. The number of hydrogen-bond acceptors (Lipinski definition) is 4. The van der Waals surface area contributed by atoms with Gasteiger partial charge in [0.15, 0.2) is 0 Å². The first kappa shape index (κ1) is 39.8. The molecule has 10 heteroatoms. The second-order valence-corrected chi connectivity index (χ2v) is 26.5. The van der Waals surface area contributed by atoms with E-state index in [1.165, 1.54) is 50.1 Å². The van der Waals surface area contributed by atoms with E-state index in [-0.39, 0.29) is 72.3 Å². The molecular weight excluding hydrogens is 1090 g/mol. The Morgan fingerprint density at radius 3 is 1.10 bits per heavy atom. The van der Waals surface area contributed by atoms with Crippen LogP contribution in [0, 0.1) is 0 Å². The number of rotatable bonds is 6. The molecule has 0 aliphatic carbocycles. The van der Waals surface area contributed by atoms with Crippen LogP contribution < -0.4 is 67.6 Å². The molecule has 0 amide bonds. The predicted molar refractivity (Wildman–Crippen MR) is 290 cm³/mol. The molecular formula is C58H34B2N2O2Se4. The Hall–Kier alpha value is -6.13. The van der Waals surface area contributed by atoms with Gasteiger partial charge in [-0.1, -0.05) is 0 Å². The van der Waals surface area contributed by atoms with Gasteiger partial charge in [0, 0.05) is 0 Å². The van der Waals surface area contributed by atoms with Crippen molar-refractivity contribution in [2.45, 2.75) is 0 Å². The van der Waals surface area contributed by atoms with Crippen molar-refractivity contribution in [3.63, 3.8) is 0 Å². The normalized spacial score (nSPS) is 13.4. The monoisotopic (exact) mass is 1130 g/mol. The van der Waals surface area contributed by atoms with Gasteiger partial charge < -0.3 is 0 Å². The standard InChI is InChI=1S/C58H34B2N2O2Se4/c1-5-17-35(18-6-1)61(36-19-7-2-8-20-36)39-29-47-53-51(31-39)65-55-41-25-13-15-27-49(41)67-57(55)59(53)43-33-44-46(34-45(43)63-47)64-48-30-40(62(37-21-9-3-10-22-37)38-23-11-4-12-24-38)32-52-54(48)60(44)58-56(66-52)42-26-14-16-28-50(42)68-58/h1-34H. The van der Waals surface area contributed by atoms with E-state index in [0.29, 0.717) is 0 Å². The van der Waals surface area contributed by atoms with Crippen LogP contribution in [0.15, 0.2) is 206 Å². The Morgan fingerprint density at radius 1 is 0.338 bits per heavy atom. The van der Waals surface area contributed by atoms with E-state index in [0.717, 1.165) is 57.1 Å². The van der Waals surface area contributed by atoms with Gasteiger partial charge >= 0.3 is 423 Å². The number of anilines is 6. The van der Waals surface area contributed by atoms with Crippen LogP contribution in [0.3, 0.4) is 0 Å². The fourth-order valence-corrected chi connectivity index (χ4v) is 23.6. The molecule has 11 aromatic rings. The van der Waals surface area contributed by atoms with Gasteiger partial charge in [-0.25, -0.2) is 0 Å². The maximum atomic E-state index is 7.36. The van der Waals surface area contributed by atoms with Crippen molar-refractivity contribution in [1.29, 1.82) is 0 Å². The molecule has 0 bridgehead atoms. The van der Waals surface area contributed by atoms with Gasteiger partial charge in [-0.3, -0.25) is 0 Å². The summed E-state index contributed by atoms with van der Waals surface area (Å²) in [6, 6.07) is 75.7. The summed E-state index contributed by atoms with van der Waals surface area (Å²) in [5.41, 5.74) is 11.9. The topological polar surface area (TPSA) is 24.9 Å². The fourth-order valence-electron chi connectivity index (χ4n) is 10.8. The molecule has 6 heterocycles. The first-order valence-electron chi connectivity index (χ1n) is 22.8. The Bertz CT molecular complexity index is 3520. The third kappa shape index (κ3) is 6.14. The molecule has 0 spiro atoms. The van der Waals surface area contributed by atoms with Gasteiger partial charge in [0.05, 0.1) is 0 Å². The Labute approximate surface area is 419 Å². The molecule has 4 aliphatic heterocycles. The second kappa shape index (κ2) is 15.7. The molecule has 0 N–H and O–H groups in total. The number of ether oxygens (including phenoxy) is 2. The van der Waals surface area contributed by atoms with Crippen LogP contribution >= 0.6 is 0 Å². The van der Waals surface area contributed by atoms with Crippen LogP contribution in [0.1, 0.15) is 0 Å². The number of nitrogens with zero attached hydrogens (tertiary/aromatic N) is 2. The number of fused-ring (bicyclic) bond motifs is 12. The molecule has 0 unspecified atom stereocenters. The van der Waals surface area contributed by atoms with E-state index in [1.807, 2.05) is 0 Å². The van der Waals surface area contributed by atoms with Crippen molar-refractivity contribution < 1.29 is 9.47 Å². The van der Waals surface area contributed by atoms with Crippen molar-refractivity contribution in [3.8, 4) is 23.0 Å². The van der Waals surface area contributed by atoms with Crippen LogP contribution in [0.2, 0.25) is 0 Å². The average Bonchev–Trinajstić information content (AvgIpc) is 3.95. The average molecular weight is 1130 g/mol. The molecule has 4 nitrogen and oxygen atoms in total. The summed E-state index contributed by atoms with van der Waals surface area (Å²) in [6.07, 6.45) is 0. The first-order chi connectivity index (χ1) is 33.7. The minimum absolute atomic E-state index is 0.0970. The number of hydrogen-bond donors (Lipinski definition) is 0. The molecule has 0 saturated heterocycles. The summed E-state index contributed by atoms with van der Waals surface area (Å²) < 4.78 is 26.8. The molecule has 318 valence electrons. The third-order valence-electron chi connectivity index (χ3n) is 13.6. The summed E-state index contributed by atoms with van der Waals surface area (Å²) in [5, 5.41) is 2.89. The van der Waals surface area contributed by atoms with Crippen molar-refractivity contribution >= 4 is 174 Å².